The number of benzene rings is 2. The zero-order valence-electron chi connectivity index (χ0n) is 23.1. The number of alkyl halides is 1. The molecule has 0 bridgehead atoms. The maximum Gasteiger partial charge on any atom is 0.191 e. The number of Topliss-reactive ketones (excluding diaryl/α,β-unsaturated/α-hetero) is 1. The van der Waals surface area contributed by atoms with Gasteiger partial charge in [-0.3, -0.25) is 9.78 Å². The number of carbonyl (C=O) groups is 1. The molecule has 1 fully saturated rings. The Morgan fingerprint density at radius 1 is 1.05 bits per heavy atom. The van der Waals surface area contributed by atoms with Gasteiger partial charge < -0.3 is 0 Å². The molecule has 222 valence electrons. The van der Waals surface area contributed by atoms with Crippen LogP contribution in [0.3, 0.4) is 0 Å². The summed E-state index contributed by atoms with van der Waals surface area (Å²) in [4.78, 5) is 18.8. The van der Waals surface area contributed by atoms with Crippen LogP contribution in [0.1, 0.15) is 41.0 Å². The second kappa shape index (κ2) is 11.2. The Labute approximate surface area is 246 Å². The summed E-state index contributed by atoms with van der Waals surface area (Å²) in [7, 11) is -3.26. The highest BCUT2D eigenvalue weighted by Gasteiger charge is 2.51. The van der Waals surface area contributed by atoms with Gasteiger partial charge in [-0.25, -0.2) is 30.8 Å². The van der Waals surface area contributed by atoms with E-state index >= 15 is 0 Å². The van der Waals surface area contributed by atoms with Crippen molar-refractivity contribution in [2.45, 2.75) is 36.6 Å². The molecule has 0 spiro atoms. The second-order valence-electron chi connectivity index (χ2n) is 10.9. The van der Waals surface area contributed by atoms with E-state index in [-0.39, 0.29) is 35.8 Å². The molecule has 6 rings (SSSR count). The number of carbonyl (C=O) groups excluding carboxylic acids is 1. The molecule has 1 saturated carbocycles. The normalized spacial score (nSPS) is 21.0. The molecule has 2 aromatic carbocycles. The molecule has 43 heavy (non-hydrogen) atoms. The lowest BCUT2D eigenvalue weighted by Crippen LogP contribution is -2.51. The van der Waals surface area contributed by atoms with Crippen LogP contribution in [0.5, 0.6) is 0 Å². The molecule has 11 heteroatoms. The summed E-state index contributed by atoms with van der Waals surface area (Å²) in [6.45, 7) is -1.02. The van der Waals surface area contributed by atoms with Gasteiger partial charge in [0.25, 0.3) is 0 Å². The van der Waals surface area contributed by atoms with Gasteiger partial charge in [-0.05, 0) is 97.8 Å². The zero-order valence-corrected chi connectivity index (χ0v) is 23.9. The van der Waals surface area contributed by atoms with Crippen molar-refractivity contribution >= 4 is 27.4 Å². The van der Waals surface area contributed by atoms with Crippen molar-refractivity contribution in [2.24, 2.45) is 5.41 Å². The number of rotatable bonds is 8. The minimum absolute atomic E-state index is 0.0492. The van der Waals surface area contributed by atoms with E-state index in [2.05, 4.69) is 16.0 Å². The summed E-state index contributed by atoms with van der Waals surface area (Å²) in [6, 6.07) is 12.7. The third-order valence-electron chi connectivity index (χ3n) is 8.37. The smallest absolute Gasteiger partial charge is 0.191 e. The zero-order chi connectivity index (χ0) is 30.4. The van der Waals surface area contributed by atoms with E-state index in [9.17, 15) is 26.6 Å². The number of hydrogen-bond acceptors (Lipinski definition) is 4. The van der Waals surface area contributed by atoms with Crippen LogP contribution in [0, 0.1) is 22.9 Å². The molecule has 4 aromatic rings. The van der Waals surface area contributed by atoms with Gasteiger partial charge in [-0.2, -0.15) is 5.10 Å². The quantitative estimate of drug-likeness (QED) is 0.140. The Morgan fingerprint density at radius 3 is 2.42 bits per heavy atom. The Balaban J connectivity index is 1.44. The third-order valence-corrected chi connectivity index (χ3v) is 10.6. The molecule has 2 aliphatic carbocycles. The number of hydrogen-bond donors (Lipinski definition) is 0. The number of allylic oxidation sites excluding steroid dienone is 1. The van der Waals surface area contributed by atoms with Crippen LogP contribution in [0.25, 0.3) is 11.8 Å². The first-order chi connectivity index (χ1) is 20.6. The van der Waals surface area contributed by atoms with Crippen LogP contribution in [-0.4, -0.2) is 54.2 Å². The molecule has 2 heterocycles. The highest BCUT2D eigenvalue weighted by atomic mass is 32.2. The summed E-state index contributed by atoms with van der Waals surface area (Å²) < 4.78 is 72.8. The predicted molar refractivity (Wildman–Crippen MR) is 156 cm³/mol. The molecule has 6 nitrogen and oxygen atoms in total. The highest BCUT2D eigenvalue weighted by molar-refractivity contribution is 7.98. The van der Waals surface area contributed by atoms with Crippen molar-refractivity contribution in [1.82, 2.24) is 19.1 Å². The lowest BCUT2D eigenvalue weighted by atomic mass is 9.60. The van der Waals surface area contributed by atoms with Crippen molar-refractivity contribution in [3.63, 3.8) is 0 Å². The summed E-state index contributed by atoms with van der Waals surface area (Å²) in [5.41, 5.74) is 1.64. The molecule has 0 saturated heterocycles. The largest absolute Gasteiger partial charge is 0.291 e. The first-order valence-electron chi connectivity index (χ1n) is 13.8. The van der Waals surface area contributed by atoms with Crippen LogP contribution in [0.2, 0.25) is 0 Å². The molecular weight excluding hydrogens is 580 g/mol. The summed E-state index contributed by atoms with van der Waals surface area (Å²) in [5.74, 6) is 2.05. The van der Waals surface area contributed by atoms with Crippen LogP contribution in [-0.2, 0) is 16.1 Å². The first-order valence-corrected chi connectivity index (χ1v) is 15.5. The van der Waals surface area contributed by atoms with Crippen LogP contribution in [0.4, 0.5) is 17.6 Å². The maximum atomic E-state index is 14.4. The molecule has 0 aliphatic heterocycles. The van der Waals surface area contributed by atoms with Gasteiger partial charge in [0.15, 0.2) is 5.78 Å². The SMILES string of the molecule is C=S(=O)(c1ccc(F)cc1)N(CCF)[C@H]1CCC2=Cc3c(cnn3-c3ccc(F)cc3)C[C@]2(C(=O)c2cc(F)ccn2)C1. The van der Waals surface area contributed by atoms with E-state index in [1.165, 1.54) is 46.9 Å². The maximum absolute atomic E-state index is 14.4. The molecule has 1 unspecified atom stereocenters. The number of nitrogens with zero attached hydrogens (tertiary/aromatic N) is 4. The topological polar surface area (TPSA) is 68.1 Å². The molecular formula is C32H28F4N4O2S. The van der Waals surface area contributed by atoms with Crippen molar-refractivity contribution in [1.29, 1.82) is 0 Å². The van der Waals surface area contributed by atoms with Gasteiger partial charge in [0.2, 0.25) is 0 Å². The van der Waals surface area contributed by atoms with Gasteiger partial charge in [-0.1, -0.05) is 5.57 Å². The van der Waals surface area contributed by atoms with Crippen LogP contribution >= 0.6 is 0 Å². The summed E-state index contributed by atoms with van der Waals surface area (Å²) >= 11 is 0. The van der Waals surface area contributed by atoms with E-state index in [1.807, 2.05) is 6.08 Å². The van der Waals surface area contributed by atoms with Crippen molar-refractivity contribution in [2.75, 3.05) is 13.2 Å². The summed E-state index contributed by atoms with van der Waals surface area (Å²) in [6.07, 6.45) is 5.94. The molecule has 0 N–H and O–H groups in total. The number of aromatic nitrogens is 3. The fourth-order valence-electron chi connectivity index (χ4n) is 6.33. The number of pyridine rings is 1. The Bertz CT molecular complexity index is 1820. The average Bonchev–Trinajstić information content (AvgIpc) is 3.40. The Hall–Kier alpha value is -4.09. The lowest BCUT2D eigenvalue weighted by molar-refractivity contribution is 0.0737. The van der Waals surface area contributed by atoms with Gasteiger partial charge in [0.1, 0.15) is 29.8 Å². The molecule has 0 amide bonds. The van der Waals surface area contributed by atoms with Gasteiger partial charge in [-0.15, -0.1) is 0 Å². The van der Waals surface area contributed by atoms with E-state index in [0.717, 1.165) is 29.0 Å². The third kappa shape index (κ3) is 5.21. The number of halogens is 4. The first kappa shape index (κ1) is 29.0. The molecule has 2 aliphatic rings. The number of ketones is 1. The predicted octanol–water partition coefficient (Wildman–Crippen LogP) is 6.01. The van der Waals surface area contributed by atoms with E-state index in [1.54, 1.807) is 23.0 Å². The number of fused-ring (bicyclic) bond motifs is 2. The van der Waals surface area contributed by atoms with Gasteiger partial charge in [0.05, 0.1) is 32.7 Å². The average molecular weight is 609 g/mol. The lowest BCUT2D eigenvalue weighted by Gasteiger charge is -2.47. The Kier molecular flexibility index (Phi) is 7.55. The summed E-state index contributed by atoms with van der Waals surface area (Å²) in [5, 5.41) is 4.52. The second-order valence-corrected chi connectivity index (χ2v) is 13.1. The van der Waals surface area contributed by atoms with Crippen molar-refractivity contribution < 1.29 is 26.6 Å². The van der Waals surface area contributed by atoms with Crippen molar-refractivity contribution in [3.8, 4) is 5.69 Å². The van der Waals surface area contributed by atoms with Crippen LogP contribution < -0.4 is 0 Å². The Morgan fingerprint density at radius 2 is 1.74 bits per heavy atom. The fraction of sp³-hybridized carbons (Fsp3) is 0.250. The minimum atomic E-state index is -3.26. The van der Waals surface area contributed by atoms with Gasteiger partial charge in [0, 0.05) is 29.7 Å². The standard InChI is InChI=1S/C32H28F4N4O2S/c1-43(42,28-10-5-24(35)6-11-28)39(15-13-33)27-7-2-22-16-30-21(20-38-40(30)26-8-3-23(34)4-9-26)18-32(22,19-27)31(41)29-17-25(36)12-14-37-29/h3-6,8-12,14,16-17,20,27H,1-2,7,13,15,18-19H2/t27-,32-,43?/m0/s1. The van der Waals surface area contributed by atoms with E-state index in [4.69, 9.17) is 0 Å². The van der Waals surface area contributed by atoms with Crippen LogP contribution in [0.15, 0.2) is 83.5 Å². The molecule has 2 aromatic heterocycles. The molecule has 0 radical (unpaired) electrons. The molecule has 3 atom stereocenters. The highest BCUT2D eigenvalue weighted by Crippen LogP contribution is 2.51. The van der Waals surface area contributed by atoms with E-state index in [0.29, 0.717) is 18.5 Å². The minimum Gasteiger partial charge on any atom is -0.291 e. The monoisotopic (exact) mass is 608 g/mol. The fourth-order valence-corrected chi connectivity index (χ4v) is 8.19. The van der Waals surface area contributed by atoms with E-state index < -0.39 is 45.3 Å². The van der Waals surface area contributed by atoms with Crippen molar-refractivity contribution in [3.05, 3.63) is 113 Å². The van der Waals surface area contributed by atoms with Gasteiger partial charge >= 0.3 is 0 Å².